The summed E-state index contributed by atoms with van der Waals surface area (Å²) in [6.07, 6.45) is 3.94. The minimum absolute atomic E-state index is 0.298. The Balaban J connectivity index is 2.20. The third kappa shape index (κ3) is 3.64. The quantitative estimate of drug-likeness (QED) is 0.846. The second kappa shape index (κ2) is 6.82. The maximum atomic E-state index is 4.55. The Kier molecular flexibility index (Phi) is 5.10. The Morgan fingerprint density at radius 3 is 2.89 bits per heavy atom. The molecule has 104 valence electrons. The molecule has 0 aromatic carbocycles. The molecular formula is C14H22N4S. The highest BCUT2D eigenvalue weighted by Crippen LogP contribution is 2.21. The predicted octanol–water partition coefficient (Wildman–Crippen LogP) is 2.95. The van der Waals surface area contributed by atoms with E-state index in [4.69, 9.17) is 0 Å². The fraction of sp³-hybridized carbons (Fsp3) is 0.571. The van der Waals surface area contributed by atoms with Crippen LogP contribution in [0.2, 0.25) is 0 Å². The van der Waals surface area contributed by atoms with E-state index in [-0.39, 0.29) is 0 Å². The van der Waals surface area contributed by atoms with Crippen molar-refractivity contribution >= 4 is 11.3 Å². The lowest BCUT2D eigenvalue weighted by atomic mass is 10.1. The molecule has 4 nitrogen and oxygen atoms in total. The lowest BCUT2D eigenvalue weighted by molar-refractivity contribution is 0.478. The number of hydrogen-bond acceptors (Lipinski definition) is 4. The van der Waals surface area contributed by atoms with Gasteiger partial charge in [0.2, 0.25) is 0 Å². The average molecular weight is 278 g/mol. The number of aromatic nitrogens is 3. The zero-order valence-corrected chi connectivity index (χ0v) is 12.7. The number of nitrogens with one attached hydrogen (secondary N) is 1. The van der Waals surface area contributed by atoms with Crippen molar-refractivity contribution in [2.45, 2.75) is 46.2 Å². The SMILES string of the molecule is CCCNC(Cc1nccs1)c1cc(C)nn1CC. The van der Waals surface area contributed by atoms with Gasteiger partial charge in [0.05, 0.1) is 22.4 Å². The topological polar surface area (TPSA) is 42.7 Å². The molecule has 0 aliphatic rings. The average Bonchev–Trinajstić information content (AvgIpc) is 3.03. The standard InChI is InChI=1S/C14H22N4S/c1-4-6-15-12(10-14-16-7-8-19-14)13-9-11(3)17-18(13)5-2/h7-9,12,15H,4-6,10H2,1-3H3. The van der Waals surface area contributed by atoms with E-state index in [1.165, 1.54) is 10.7 Å². The van der Waals surface area contributed by atoms with E-state index >= 15 is 0 Å². The van der Waals surface area contributed by atoms with E-state index in [1.807, 2.05) is 11.6 Å². The van der Waals surface area contributed by atoms with Crippen LogP contribution in [-0.4, -0.2) is 21.3 Å². The molecule has 2 aromatic rings. The fourth-order valence-electron chi connectivity index (χ4n) is 2.23. The summed E-state index contributed by atoms with van der Waals surface area (Å²) in [7, 11) is 0. The zero-order valence-electron chi connectivity index (χ0n) is 11.9. The van der Waals surface area contributed by atoms with Crippen LogP contribution in [0.15, 0.2) is 17.6 Å². The van der Waals surface area contributed by atoms with Gasteiger partial charge in [-0.1, -0.05) is 6.92 Å². The van der Waals surface area contributed by atoms with Crippen LogP contribution >= 0.6 is 11.3 Å². The van der Waals surface area contributed by atoms with Crippen LogP contribution in [-0.2, 0) is 13.0 Å². The van der Waals surface area contributed by atoms with E-state index in [0.29, 0.717) is 6.04 Å². The monoisotopic (exact) mass is 278 g/mol. The van der Waals surface area contributed by atoms with Crippen LogP contribution in [0.25, 0.3) is 0 Å². The summed E-state index contributed by atoms with van der Waals surface area (Å²) in [5.74, 6) is 0. The number of hydrogen-bond donors (Lipinski definition) is 1. The van der Waals surface area contributed by atoms with Gasteiger partial charge in [-0.15, -0.1) is 11.3 Å². The molecule has 2 heterocycles. The molecule has 0 spiro atoms. The Morgan fingerprint density at radius 1 is 1.42 bits per heavy atom. The molecule has 0 saturated heterocycles. The van der Waals surface area contributed by atoms with Gasteiger partial charge in [-0.3, -0.25) is 4.68 Å². The van der Waals surface area contributed by atoms with Gasteiger partial charge in [0.15, 0.2) is 0 Å². The molecule has 1 unspecified atom stereocenters. The zero-order chi connectivity index (χ0) is 13.7. The smallest absolute Gasteiger partial charge is 0.0944 e. The molecule has 19 heavy (non-hydrogen) atoms. The minimum atomic E-state index is 0.298. The number of rotatable bonds is 7. The van der Waals surface area contributed by atoms with Gasteiger partial charge in [0.1, 0.15) is 0 Å². The second-order valence-electron chi connectivity index (χ2n) is 4.66. The van der Waals surface area contributed by atoms with Gasteiger partial charge in [-0.25, -0.2) is 4.98 Å². The van der Waals surface area contributed by atoms with Crippen molar-refractivity contribution in [1.82, 2.24) is 20.1 Å². The first-order valence-corrected chi connectivity index (χ1v) is 7.78. The minimum Gasteiger partial charge on any atom is -0.308 e. The van der Waals surface area contributed by atoms with Crippen molar-refractivity contribution in [3.8, 4) is 0 Å². The summed E-state index contributed by atoms with van der Waals surface area (Å²) in [4.78, 5) is 4.40. The number of thiazole rings is 1. The summed E-state index contributed by atoms with van der Waals surface area (Å²) in [6, 6.07) is 2.48. The summed E-state index contributed by atoms with van der Waals surface area (Å²) >= 11 is 1.72. The molecule has 1 N–H and O–H groups in total. The molecule has 1 atom stereocenters. The van der Waals surface area contributed by atoms with E-state index < -0.39 is 0 Å². The molecule has 0 fully saturated rings. The molecule has 2 rings (SSSR count). The van der Waals surface area contributed by atoms with Crippen molar-refractivity contribution in [3.63, 3.8) is 0 Å². The van der Waals surface area contributed by atoms with Gasteiger partial charge < -0.3 is 5.32 Å². The molecule has 5 heteroatoms. The number of aryl methyl sites for hydroxylation is 2. The molecule has 0 bridgehead atoms. The van der Waals surface area contributed by atoms with Gasteiger partial charge >= 0.3 is 0 Å². The first-order chi connectivity index (χ1) is 9.24. The maximum Gasteiger partial charge on any atom is 0.0944 e. The van der Waals surface area contributed by atoms with E-state index in [0.717, 1.165) is 31.6 Å². The van der Waals surface area contributed by atoms with Crippen molar-refractivity contribution in [2.75, 3.05) is 6.54 Å². The van der Waals surface area contributed by atoms with Crippen molar-refractivity contribution < 1.29 is 0 Å². The third-order valence-electron chi connectivity index (χ3n) is 3.09. The molecular weight excluding hydrogens is 256 g/mol. The Morgan fingerprint density at radius 2 is 2.26 bits per heavy atom. The van der Waals surface area contributed by atoms with E-state index in [2.05, 4.69) is 46.9 Å². The first kappa shape index (κ1) is 14.2. The third-order valence-corrected chi connectivity index (χ3v) is 3.89. The van der Waals surface area contributed by atoms with E-state index in [1.54, 1.807) is 11.3 Å². The largest absolute Gasteiger partial charge is 0.308 e. The van der Waals surface area contributed by atoms with Crippen LogP contribution in [0.3, 0.4) is 0 Å². The van der Waals surface area contributed by atoms with Crippen LogP contribution in [0.5, 0.6) is 0 Å². The number of nitrogens with zero attached hydrogens (tertiary/aromatic N) is 3. The van der Waals surface area contributed by atoms with Gasteiger partial charge in [-0.05, 0) is 32.9 Å². The van der Waals surface area contributed by atoms with Gasteiger partial charge in [0, 0.05) is 24.5 Å². The molecule has 2 aromatic heterocycles. The van der Waals surface area contributed by atoms with Gasteiger partial charge in [-0.2, -0.15) is 5.10 Å². The molecule has 0 saturated carbocycles. The lowest BCUT2D eigenvalue weighted by Gasteiger charge is -2.18. The molecule has 0 aliphatic carbocycles. The van der Waals surface area contributed by atoms with Crippen LogP contribution in [0.1, 0.15) is 42.7 Å². The van der Waals surface area contributed by atoms with Crippen molar-refractivity contribution in [2.24, 2.45) is 0 Å². The highest BCUT2D eigenvalue weighted by atomic mass is 32.1. The first-order valence-electron chi connectivity index (χ1n) is 6.90. The Bertz CT molecular complexity index is 490. The van der Waals surface area contributed by atoms with E-state index in [9.17, 15) is 0 Å². The summed E-state index contributed by atoms with van der Waals surface area (Å²) < 4.78 is 2.09. The lowest BCUT2D eigenvalue weighted by Crippen LogP contribution is -2.26. The Labute approximate surface area is 118 Å². The molecule has 0 aliphatic heterocycles. The van der Waals surface area contributed by atoms with Gasteiger partial charge in [0.25, 0.3) is 0 Å². The highest BCUT2D eigenvalue weighted by molar-refractivity contribution is 7.09. The van der Waals surface area contributed by atoms with Crippen molar-refractivity contribution in [3.05, 3.63) is 34.0 Å². The van der Waals surface area contributed by atoms with Crippen LogP contribution in [0.4, 0.5) is 0 Å². The van der Waals surface area contributed by atoms with Crippen molar-refractivity contribution in [1.29, 1.82) is 0 Å². The summed E-state index contributed by atoms with van der Waals surface area (Å²) in [5, 5.41) is 11.4. The fourth-order valence-corrected chi connectivity index (χ4v) is 2.89. The van der Waals surface area contributed by atoms with Crippen LogP contribution < -0.4 is 5.32 Å². The predicted molar refractivity (Wildman–Crippen MR) is 79.5 cm³/mol. The summed E-state index contributed by atoms with van der Waals surface area (Å²) in [6.45, 7) is 8.30. The molecule has 0 amide bonds. The Hall–Kier alpha value is -1.20. The highest BCUT2D eigenvalue weighted by Gasteiger charge is 2.18. The second-order valence-corrected chi connectivity index (χ2v) is 5.64. The molecule has 0 radical (unpaired) electrons. The summed E-state index contributed by atoms with van der Waals surface area (Å²) in [5.41, 5.74) is 2.35. The normalized spacial score (nSPS) is 12.8. The van der Waals surface area contributed by atoms with Crippen LogP contribution in [0, 0.1) is 6.92 Å². The maximum absolute atomic E-state index is 4.55.